The van der Waals surface area contributed by atoms with E-state index in [0.29, 0.717) is 11.2 Å². The molecule has 0 amide bonds. The largest absolute Gasteiger partial charge is 0.384 e. The first kappa shape index (κ1) is 8.22. The molecule has 0 saturated heterocycles. The van der Waals surface area contributed by atoms with Crippen LogP contribution in [-0.4, -0.2) is 38.1 Å². The van der Waals surface area contributed by atoms with Crippen molar-refractivity contribution in [3.8, 4) is 0 Å². The third-order valence-electron chi connectivity index (χ3n) is 1.72. The van der Waals surface area contributed by atoms with E-state index >= 15 is 0 Å². The summed E-state index contributed by atoms with van der Waals surface area (Å²) in [5, 5.41) is 3.89. The van der Waals surface area contributed by atoms with E-state index in [9.17, 15) is 0 Å². The number of nitrogens with two attached hydrogens (primary N) is 1. The lowest BCUT2D eigenvalue weighted by molar-refractivity contribution is 0.977. The van der Waals surface area contributed by atoms with Gasteiger partial charge in [0.25, 0.3) is 0 Å². The van der Waals surface area contributed by atoms with E-state index in [0.717, 1.165) is 0 Å². The van der Waals surface area contributed by atoms with Crippen LogP contribution in [0.4, 0.5) is 5.82 Å². The standard InChI is InChI=1S/C6H3B3N4/c7-2-1-3-11-5(9)4(8)6(10)13(3)12-2/h1H,10H2. The van der Waals surface area contributed by atoms with Crippen molar-refractivity contribution in [2.45, 2.75) is 0 Å². The summed E-state index contributed by atoms with van der Waals surface area (Å²) in [5.74, 6) is 0.249. The lowest BCUT2D eigenvalue weighted by Gasteiger charge is -2.06. The number of anilines is 1. The van der Waals surface area contributed by atoms with Crippen LogP contribution in [0, 0.1) is 0 Å². The number of nitrogens with zero attached hydrogens (tertiary/aromatic N) is 3. The Balaban J connectivity index is 2.92. The minimum atomic E-state index is 0.185. The monoisotopic (exact) mass is 164 g/mol. The highest BCUT2D eigenvalue weighted by atomic mass is 15.3. The number of hydrogen-bond donors (Lipinski definition) is 1. The molecule has 0 aliphatic rings. The Morgan fingerprint density at radius 2 is 2.00 bits per heavy atom. The molecule has 2 heterocycles. The second-order valence-corrected chi connectivity index (χ2v) is 2.64. The molecule has 0 fully saturated rings. The fraction of sp³-hybridized carbons (Fsp3) is 0. The van der Waals surface area contributed by atoms with Gasteiger partial charge in [0.2, 0.25) is 0 Å². The van der Waals surface area contributed by atoms with Gasteiger partial charge in [0, 0.05) is 5.59 Å². The summed E-state index contributed by atoms with van der Waals surface area (Å²) in [6.45, 7) is 0. The van der Waals surface area contributed by atoms with E-state index in [1.54, 1.807) is 6.07 Å². The van der Waals surface area contributed by atoms with Gasteiger partial charge in [-0.1, -0.05) is 0 Å². The molecule has 7 heteroatoms. The van der Waals surface area contributed by atoms with Gasteiger partial charge >= 0.3 is 0 Å². The molecule has 2 N–H and O–H groups in total. The van der Waals surface area contributed by atoms with Crippen LogP contribution in [0.5, 0.6) is 0 Å². The topological polar surface area (TPSA) is 56.2 Å². The summed E-state index contributed by atoms with van der Waals surface area (Å²) in [7, 11) is 16.5. The highest BCUT2D eigenvalue weighted by Crippen LogP contribution is 1.97. The fourth-order valence-electron chi connectivity index (χ4n) is 1.07. The van der Waals surface area contributed by atoms with Crippen LogP contribution in [0.15, 0.2) is 6.07 Å². The Morgan fingerprint density at radius 3 is 2.69 bits per heavy atom. The van der Waals surface area contributed by atoms with Crippen molar-refractivity contribution >= 4 is 51.7 Å². The van der Waals surface area contributed by atoms with Crippen molar-refractivity contribution in [3.05, 3.63) is 6.07 Å². The second kappa shape index (κ2) is 2.55. The normalized spacial score (nSPS) is 10.8. The molecular weight excluding hydrogens is 161 g/mol. The maximum absolute atomic E-state index is 5.63. The molecule has 6 radical (unpaired) electrons. The van der Waals surface area contributed by atoms with Crippen molar-refractivity contribution in [3.63, 3.8) is 0 Å². The van der Waals surface area contributed by atoms with Crippen molar-refractivity contribution in [1.29, 1.82) is 0 Å². The number of hydrogen-bond acceptors (Lipinski definition) is 3. The number of aromatic nitrogens is 3. The van der Waals surface area contributed by atoms with E-state index in [1.807, 2.05) is 0 Å². The molecule has 2 aromatic heterocycles. The number of rotatable bonds is 0. The van der Waals surface area contributed by atoms with Gasteiger partial charge in [0.15, 0.2) is 5.65 Å². The molecule has 2 aromatic rings. The van der Waals surface area contributed by atoms with E-state index in [1.165, 1.54) is 4.52 Å². The molecule has 0 spiro atoms. The molecule has 2 rings (SSSR count). The predicted molar refractivity (Wildman–Crippen MR) is 53.6 cm³/mol. The minimum absolute atomic E-state index is 0.185. The molecule has 0 aliphatic carbocycles. The van der Waals surface area contributed by atoms with Gasteiger partial charge in [-0.2, -0.15) is 5.10 Å². The molecule has 56 valence electrons. The quantitative estimate of drug-likeness (QED) is 0.414. The Hall–Kier alpha value is -1.39. The molecule has 0 aliphatic heterocycles. The summed E-state index contributed by atoms with van der Waals surface area (Å²) in [4.78, 5) is 3.95. The highest BCUT2D eigenvalue weighted by Gasteiger charge is 2.06. The zero-order valence-electron chi connectivity index (χ0n) is 6.73. The maximum atomic E-state index is 5.63. The van der Waals surface area contributed by atoms with Gasteiger partial charge in [0.1, 0.15) is 29.4 Å². The highest BCUT2D eigenvalue weighted by molar-refractivity contribution is 6.49. The first-order chi connectivity index (χ1) is 6.09. The molecule has 4 nitrogen and oxygen atoms in total. The maximum Gasteiger partial charge on any atom is 0.155 e. The second-order valence-electron chi connectivity index (χ2n) is 2.64. The number of nitrogen functional groups attached to an aromatic ring is 1. The zero-order chi connectivity index (χ0) is 9.59. The van der Waals surface area contributed by atoms with Crippen molar-refractivity contribution in [1.82, 2.24) is 14.6 Å². The van der Waals surface area contributed by atoms with Crippen molar-refractivity contribution < 1.29 is 0 Å². The van der Waals surface area contributed by atoms with Crippen molar-refractivity contribution in [2.75, 3.05) is 5.73 Å². The van der Waals surface area contributed by atoms with Crippen molar-refractivity contribution in [2.24, 2.45) is 0 Å². The summed E-state index contributed by atoms with van der Waals surface area (Å²) in [5.41, 5.74) is 6.85. The lowest BCUT2D eigenvalue weighted by Crippen LogP contribution is -2.33. The Labute approximate surface area is 78.8 Å². The Bertz CT molecular complexity index is 478. The molecule has 13 heavy (non-hydrogen) atoms. The third-order valence-corrected chi connectivity index (χ3v) is 1.72. The average molecular weight is 164 g/mol. The lowest BCUT2D eigenvalue weighted by atomic mass is 9.85. The summed E-state index contributed by atoms with van der Waals surface area (Å²) in [6.07, 6.45) is 0. The SMILES string of the molecule is [B]c1cc2nc([B])c([B])c(N)n2n1. The molecule has 0 unspecified atom stereocenters. The van der Waals surface area contributed by atoms with Gasteiger partial charge in [0.05, 0.1) is 0 Å². The first-order valence-electron chi connectivity index (χ1n) is 3.55. The molecule has 0 bridgehead atoms. The average Bonchev–Trinajstić information content (AvgIpc) is 2.42. The Morgan fingerprint density at radius 1 is 1.31 bits per heavy atom. The van der Waals surface area contributed by atoms with Gasteiger partial charge < -0.3 is 5.73 Å². The molecule has 0 saturated carbocycles. The minimum Gasteiger partial charge on any atom is -0.384 e. The fourth-order valence-corrected chi connectivity index (χ4v) is 1.07. The van der Waals surface area contributed by atoms with Crippen LogP contribution < -0.4 is 22.4 Å². The number of fused-ring (bicyclic) bond motifs is 1. The van der Waals surface area contributed by atoms with E-state index in [4.69, 9.17) is 29.3 Å². The molecular formula is C6H3B3N4. The smallest absolute Gasteiger partial charge is 0.155 e. The van der Waals surface area contributed by atoms with Gasteiger partial charge in [-0.05, 0) is 17.1 Å². The summed E-state index contributed by atoms with van der Waals surface area (Å²) >= 11 is 0. The van der Waals surface area contributed by atoms with E-state index < -0.39 is 0 Å². The zero-order valence-corrected chi connectivity index (χ0v) is 6.73. The molecule has 0 aromatic carbocycles. The van der Waals surface area contributed by atoms with Crippen LogP contribution >= 0.6 is 0 Å². The van der Waals surface area contributed by atoms with Gasteiger partial charge in [-0.15, -0.1) is 0 Å². The van der Waals surface area contributed by atoms with Crippen LogP contribution in [0.25, 0.3) is 5.65 Å². The first-order valence-corrected chi connectivity index (χ1v) is 3.55. The molecule has 0 atom stereocenters. The van der Waals surface area contributed by atoms with Crippen LogP contribution in [0.2, 0.25) is 0 Å². The third kappa shape index (κ3) is 1.11. The van der Waals surface area contributed by atoms with Gasteiger partial charge in [-0.3, -0.25) is 0 Å². The van der Waals surface area contributed by atoms with Crippen LogP contribution in [0.1, 0.15) is 0 Å². The Kier molecular flexibility index (Phi) is 1.61. The summed E-state index contributed by atoms with van der Waals surface area (Å²) < 4.78 is 1.35. The van der Waals surface area contributed by atoms with E-state index in [-0.39, 0.29) is 16.9 Å². The van der Waals surface area contributed by atoms with Crippen LogP contribution in [-0.2, 0) is 0 Å². The predicted octanol–water partition coefficient (Wildman–Crippen LogP) is -3.31. The van der Waals surface area contributed by atoms with E-state index in [2.05, 4.69) is 10.1 Å². The van der Waals surface area contributed by atoms with Crippen LogP contribution in [0.3, 0.4) is 0 Å². The van der Waals surface area contributed by atoms with Gasteiger partial charge in [-0.25, -0.2) is 9.50 Å². The summed E-state index contributed by atoms with van der Waals surface area (Å²) in [6, 6.07) is 1.56.